The van der Waals surface area contributed by atoms with Gasteiger partial charge in [0.15, 0.2) is 0 Å². The Morgan fingerprint density at radius 1 is 1.07 bits per heavy atom. The van der Waals surface area contributed by atoms with Gasteiger partial charge >= 0.3 is 0 Å². The third-order valence-corrected chi connectivity index (χ3v) is 6.83. The molecule has 2 aliphatic rings. The Morgan fingerprint density at radius 3 is 2.36 bits per heavy atom. The zero-order valence-corrected chi connectivity index (χ0v) is 18.5. The molecule has 3 rings (SSSR count). The Balaban J connectivity index is 1.63. The van der Waals surface area contributed by atoms with Gasteiger partial charge in [-0.3, -0.25) is 14.4 Å². The van der Waals surface area contributed by atoms with E-state index >= 15 is 0 Å². The molecule has 2 heterocycles. The number of aromatic nitrogens is 2. The monoisotopic (exact) mass is 388 g/mol. The van der Waals surface area contributed by atoms with E-state index in [1.807, 2.05) is 6.92 Å². The van der Waals surface area contributed by atoms with Gasteiger partial charge in [0.2, 0.25) is 5.91 Å². The van der Waals surface area contributed by atoms with Crippen molar-refractivity contribution in [2.24, 2.45) is 5.92 Å². The van der Waals surface area contributed by atoms with E-state index in [0.29, 0.717) is 12.3 Å². The number of hydrogen-bond donors (Lipinski definition) is 1. The molecule has 1 saturated carbocycles. The fraction of sp³-hybridized carbons (Fsp3) is 0.826. The van der Waals surface area contributed by atoms with Crippen molar-refractivity contribution in [2.75, 3.05) is 19.6 Å². The van der Waals surface area contributed by atoms with Gasteiger partial charge in [0, 0.05) is 29.9 Å². The zero-order valence-electron chi connectivity index (χ0n) is 18.5. The van der Waals surface area contributed by atoms with E-state index in [1.54, 1.807) is 0 Å². The summed E-state index contributed by atoms with van der Waals surface area (Å²) in [6, 6.07) is 0. The van der Waals surface area contributed by atoms with Gasteiger partial charge in [-0.05, 0) is 58.5 Å². The highest BCUT2D eigenvalue weighted by Gasteiger charge is 2.38. The first kappa shape index (κ1) is 21.4. The van der Waals surface area contributed by atoms with Crippen LogP contribution in [-0.2, 0) is 17.8 Å². The van der Waals surface area contributed by atoms with Gasteiger partial charge in [0.05, 0.1) is 12.1 Å². The van der Waals surface area contributed by atoms with Crippen molar-refractivity contribution < 1.29 is 4.79 Å². The van der Waals surface area contributed by atoms with Crippen molar-refractivity contribution in [2.45, 2.75) is 97.6 Å². The molecule has 2 fully saturated rings. The lowest BCUT2D eigenvalue weighted by molar-refractivity contribution is -0.121. The van der Waals surface area contributed by atoms with Gasteiger partial charge in [-0.15, -0.1) is 0 Å². The third-order valence-electron chi connectivity index (χ3n) is 6.83. The van der Waals surface area contributed by atoms with Crippen LogP contribution in [0.1, 0.15) is 82.2 Å². The summed E-state index contributed by atoms with van der Waals surface area (Å²) in [5, 5.41) is 7.99. The number of nitrogens with zero attached hydrogens (tertiary/aromatic N) is 3. The van der Waals surface area contributed by atoms with Crippen LogP contribution in [0.5, 0.6) is 0 Å². The van der Waals surface area contributed by atoms with Crippen LogP contribution in [0, 0.1) is 19.8 Å². The highest BCUT2D eigenvalue weighted by molar-refractivity contribution is 5.79. The van der Waals surface area contributed by atoms with E-state index in [2.05, 4.69) is 40.8 Å². The molecule has 1 amide bonds. The first-order chi connectivity index (χ1) is 13.4. The molecule has 5 nitrogen and oxygen atoms in total. The molecule has 0 aromatic carbocycles. The Labute approximate surface area is 171 Å². The molecule has 28 heavy (non-hydrogen) atoms. The molecule has 1 saturated heterocycles. The van der Waals surface area contributed by atoms with Crippen LogP contribution in [0.3, 0.4) is 0 Å². The predicted octanol–water partition coefficient (Wildman–Crippen LogP) is 4.00. The zero-order chi connectivity index (χ0) is 20.1. The van der Waals surface area contributed by atoms with Crippen LogP contribution in [-0.4, -0.2) is 45.8 Å². The van der Waals surface area contributed by atoms with E-state index in [4.69, 9.17) is 0 Å². The van der Waals surface area contributed by atoms with Crippen LogP contribution < -0.4 is 5.32 Å². The summed E-state index contributed by atoms with van der Waals surface area (Å²) in [4.78, 5) is 15.6. The van der Waals surface area contributed by atoms with Gasteiger partial charge in [0.25, 0.3) is 0 Å². The largest absolute Gasteiger partial charge is 0.354 e. The van der Waals surface area contributed by atoms with E-state index < -0.39 is 0 Å². The van der Waals surface area contributed by atoms with E-state index in [9.17, 15) is 4.79 Å². The van der Waals surface area contributed by atoms with Crippen molar-refractivity contribution in [1.82, 2.24) is 20.0 Å². The summed E-state index contributed by atoms with van der Waals surface area (Å²) in [5.41, 5.74) is 3.44. The molecule has 1 aliphatic heterocycles. The topological polar surface area (TPSA) is 50.2 Å². The molecule has 0 bridgehead atoms. The second-order valence-electron chi connectivity index (χ2n) is 9.51. The quantitative estimate of drug-likeness (QED) is 0.768. The second-order valence-corrected chi connectivity index (χ2v) is 9.51. The summed E-state index contributed by atoms with van der Waals surface area (Å²) in [6.45, 7) is 12.7. The molecule has 1 aliphatic carbocycles. The average molecular weight is 389 g/mol. The number of carbonyl (C=O) groups is 1. The fourth-order valence-corrected chi connectivity index (χ4v) is 5.18. The number of aryl methyl sites for hydroxylation is 1. The van der Waals surface area contributed by atoms with Gasteiger partial charge in [0.1, 0.15) is 0 Å². The number of nitrogens with one attached hydrogen (secondary N) is 1. The Morgan fingerprint density at radius 2 is 1.71 bits per heavy atom. The maximum absolute atomic E-state index is 12.8. The number of hydrogen-bond acceptors (Lipinski definition) is 3. The maximum Gasteiger partial charge on any atom is 0.224 e. The standard InChI is InChI=1S/C23H40N4O/c1-18(2)16-27-20(4)21(19(3)25-27)15-22(28)24-17-23(11-7-5-8-12-23)26-13-9-6-10-14-26/h18H,5-17H2,1-4H3,(H,24,28). The first-order valence-electron chi connectivity index (χ1n) is 11.5. The smallest absolute Gasteiger partial charge is 0.224 e. The molecule has 158 valence electrons. The van der Waals surface area contributed by atoms with Gasteiger partial charge in [-0.1, -0.05) is 39.5 Å². The minimum Gasteiger partial charge on any atom is -0.354 e. The van der Waals surface area contributed by atoms with Gasteiger partial charge < -0.3 is 5.32 Å². The minimum absolute atomic E-state index is 0.150. The van der Waals surface area contributed by atoms with Crippen LogP contribution in [0.2, 0.25) is 0 Å². The number of carbonyl (C=O) groups excluding carboxylic acids is 1. The molecular weight excluding hydrogens is 348 g/mol. The maximum atomic E-state index is 12.8. The molecule has 0 unspecified atom stereocenters. The number of rotatable bonds is 7. The summed E-state index contributed by atoms with van der Waals surface area (Å²) in [6.07, 6.45) is 10.8. The lowest BCUT2D eigenvalue weighted by Crippen LogP contribution is -2.58. The van der Waals surface area contributed by atoms with Crippen molar-refractivity contribution in [3.05, 3.63) is 17.0 Å². The van der Waals surface area contributed by atoms with Crippen molar-refractivity contribution in [3.63, 3.8) is 0 Å². The Hall–Kier alpha value is -1.36. The molecule has 0 atom stereocenters. The Kier molecular flexibility index (Phi) is 7.19. The SMILES string of the molecule is Cc1nn(CC(C)C)c(C)c1CC(=O)NCC1(N2CCCCC2)CCCCC1. The predicted molar refractivity (Wildman–Crippen MR) is 114 cm³/mol. The lowest BCUT2D eigenvalue weighted by Gasteiger charge is -2.48. The van der Waals surface area contributed by atoms with Crippen molar-refractivity contribution in [1.29, 1.82) is 0 Å². The van der Waals surface area contributed by atoms with Crippen LogP contribution in [0.4, 0.5) is 0 Å². The molecule has 1 aromatic rings. The molecule has 1 aromatic heterocycles. The number of likely N-dealkylation sites (tertiary alicyclic amines) is 1. The first-order valence-corrected chi connectivity index (χ1v) is 11.5. The molecule has 0 radical (unpaired) electrons. The summed E-state index contributed by atoms with van der Waals surface area (Å²) < 4.78 is 2.07. The van der Waals surface area contributed by atoms with Crippen LogP contribution in [0.15, 0.2) is 0 Å². The third kappa shape index (κ3) is 4.97. The summed E-state index contributed by atoms with van der Waals surface area (Å²) in [7, 11) is 0. The Bertz CT molecular complexity index is 652. The average Bonchev–Trinajstić information content (AvgIpc) is 2.94. The van der Waals surface area contributed by atoms with Crippen molar-refractivity contribution >= 4 is 5.91 Å². The fourth-order valence-electron chi connectivity index (χ4n) is 5.18. The molecular formula is C23H40N4O. The number of piperidine rings is 1. The molecule has 1 N–H and O–H groups in total. The van der Waals surface area contributed by atoms with E-state index in [1.165, 1.54) is 64.5 Å². The molecule has 5 heteroatoms. The van der Waals surface area contributed by atoms with Gasteiger partial charge in [-0.2, -0.15) is 5.10 Å². The van der Waals surface area contributed by atoms with E-state index in [-0.39, 0.29) is 11.4 Å². The van der Waals surface area contributed by atoms with Crippen LogP contribution in [0.25, 0.3) is 0 Å². The minimum atomic E-state index is 0.150. The summed E-state index contributed by atoms with van der Waals surface area (Å²) in [5.74, 6) is 0.702. The van der Waals surface area contributed by atoms with Crippen LogP contribution >= 0.6 is 0 Å². The van der Waals surface area contributed by atoms with Crippen molar-refractivity contribution in [3.8, 4) is 0 Å². The molecule has 0 spiro atoms. The van der Waals surface area contributed by atoms with E-state index in [0.717, 1.165) is 30.0 Å². The number of amides is 1. The second kappa shape index (κ2) is 9.43. The van der Waals surface area contributed by atoms with Gasteiger partial charge in [-0.25, -0.2) is 0 Å². The normalized spacial score (nSPS) is 20.5. The highest BCUT2D eigenvalue weighted by atomic mass is 16.1. The lowest BCUT2D eigenvalue weighted by atomic mass is 9.79. The highest BCUT2D eigenvalue weighted by Crippen LogP contribution is 2.35. The summed E-state index contributed by atoms with van der Waals surface area (Å²) >= 11 is 0.